The third-order valence-corrected chi connectivity index (χ3v) is 4.70. The molecule has 0 unspecified atom stereocenters. The van der Waals surface area contributed by atoms with Gasteiger partial charge in [-0.3, -0.25) is 9.78 Å². The number of anilines is 2. The molecule has 0 bridgehead atoms. The van der Waals surface area contributed by atoms with Gasteiger partial charge in [0.2, 0.25) is 11.0 Å². The van der Waals surface area contributed by atoms with Gasteiger partial charge in [0.15, 0.2) is 5.82 Å². The minimum Gasteiger partial charge on any atom is -0.352 e. The van der Waals surface area contributed by atoms with Crippen molar-refractivity contribution in [3.05, 3.63) is 47.3 Å². The predicted molar refractivity (Wildman–Crippen MR) is 107 cm³/mol. The van der Waals surface area contributed by atoms with Gasteiger partial charge in [0, 0.05) is 43.0 Å². The van der Waals surface area contributed by atoms with E-state index in [-0.39, 0.29) is 5.91 Å². The van der Waals surface area contributed by atoms with E-state index in [9.17, 15) is 4.79 Å². The number of nitrogens with one attached hydrogen (secondary N) is 2. The first-order chi connectivity index (χ1) is 12.9. The molecule has 3 aromatic rings. The highest BCUT2D eigenvalue weighted by molar-refractivity contribution is 7.09. The molecule has 1 amide bonds. The molecule has 0 aliphatic carbocycles. The number of amides is 1. The van der Waals surface area contributed by atoms with Crippen LogP contribution in [-0.2, 0) is 11.3 Å². The number of rotatable bonds is 6. The molecule has 7 nitrogen and oxygen atoms in total. The zero-order valence-corrected chi connectivity index (χ0v) is 16.6. The number of pyridine rings is 2. The van der Waals surface area contributed by atoms with Crippen LogP contribution in [0.1, 0.15) is 43.4 Å². The summed E-state index contributed by atoms with van der Waals surface area (Å²) in [6.45, 7) is 8.26. The van der Waals surface area contributed by atoms with Gasteiger partial charge < -0.3 is 10.6 Å². The Kier molecular flexibility index (Phi) is 5.75. The van der Waals surface area contributed by atoms with Crippen molar-refractivity contribution >= 4 is 28.4 Å². The molecule has 0 saturated carbocycles. The Hall–Kier alpha value is -2.87. The maximum absolute atomic E-state index is 11.2. The van der Waals surface area contributed by atoms with Crippen LogP contribution in [0.15, 0.2) is 30.6 Å². The van der Waals surface area contributed by atoms with Crippen LogP contribution in [0.5, 0.6) is 0 Å². The normalized spacial score (nSPS) is 10.9. The molecule has 0 aliphatic heterocycles. The van der Waals surface area contributed by atoms with E-state index in [1.54, 1.807) is 6.20 Å². The van der Waals surface area contributed by atoms with E-state index in [4.69, 9.17) is 0 Å². The Labute approximate surface area is 162 Å². The van der Waals surface area contributed by atoms with Gasteiger partial charge in [0.05, 0.1) is 0 Å². The minimum atomic E-state index is -0.0885. The van der Waals surface area contributed by atoms with Crippen LogP contribution in [-0.4, -0.2) is 25.2 Å². The lowest BCUT2D eigenvalue weighted by Gasteiger charge is -2.10. The molecule has 2 N–H and O–H groups in total. The molecule has 3 heterocycles. The van der Waals surface area contributed by atoms with E-state index in [0.29, 0.717) is 29.2 Å². The van der Waals surface area contributed by atoms with Crippen LogP contribution in [0, 0.1) is 6.92 Å². The van der Waals surface area contributed by atoms with Gasteiger partial charge in [-0.2, -0.15) is 9.36 Å². The SMILES string of the molecule is CC(=O)NCc1cccnc1Nc1nc(-c2cc(C(C)C)c(C)cn2)ns1. The molecule has 3 aromatic heterocycles. The summed E-state index contributed by atoms with van der Waals surface area (Å²) in [4.78, 5) is 24.5. The smallest absolute Gasteiger partial charge is 0.217 e. The van der Waals surface area contributed by atoms with Crippen LogP contribution in [0.25, 0.3) is 11.5 Å². The number of carbonyl (C=O) groups is 1. The average Bonchev–Trinajstić information content (AvgIpc) is 3.09. The van der Waals surface area contributed by atoms with E-state index in [0.717, 1.165) is 11.3 Å². The van der Waals surface area contributed by atoms with Gasteiger partial charge in [0.25, 0.3) is 0 Å². The Balaban J connectivity index is 1.81. The quantitative estimate of drug-likeness (QED) is 0.673. The maximum atomic E-state index is 11.2. The number of nitrogens with zero attached hydrogens (tertiary/aromatic N) is 4. The van der Waals surface area contributed by atoms with Gasteiger partial charge in [-0.15, -0.1) is 0 Å². The van der Waals surface area contributed by atoms with Gasteiger partial charge in [-0.25, -0.2) is 4.98 Å². The molecule has 140 valence electrons. The minimum absolute atomic E-state index is 0.0885. The van der Waals surface area contributed by atoms with Crippen molar-refractivity contribution in [2.45, 2.75) is 40.2 Å². The molecule has 3 rings (SSSR count). The second-order valence-corrected chi connectivity index (χ2v) is 7.30. The zero-order chi connectivity index (χ0) is 19.4. The summed E-state index contributed by atoms with van der Waals surface area (Å²) in [5, 5.41) is 6.60. The van der Waals surface area contributed by atoms with Gasteiger partial charge in [-0.05, 0) is 36.1 Å². The van der Waals surface area contributed by atoms with E-state index < -0.39 is 0 Å². The number of aryl methyl sites for hydroxylation is 1. The van der Waals surface area contributed by atoms with Crippen LogP contribution in [0.2, 0.25) is 0 Å². The number of hydrogen-bond donors (Lipinski definition) is 2. The Morgan fingerprint density at radius 2 is 2.11 bits per heavy atom. The molecule has 0 fully saturated rings. The molecule has 0 saturated heterocycles. The van der Waals surface area contributed by atoms with Gasteiger partial charge in [0.1, 0.15) is 11.5 Å². The highest BCUT2D eigenvalue weighted by Crippen LogP contribution is 2.26. The molecular weight excluding hydrogens is 360 g/mol. The van der Waals surface area contributed by atoms with Gasteiger partial charge >= 0.3 is 0 Å². The summed E-state index contributed by atoms with van der Waals surface area (Å²) < 4.78 is 4.42. The van der Waals surface area contributed by atoms with Crippen LogP contribution >= 0.6 is 11.5 Å². The second kappa shape index (κ2) is 8.22. The summed E-state index contributed by atoms with van der Waals surface area (Å²) in [5.41, 5.74) is 4.04. The van der Waals surface area contributed by atoms with Crippen molar-refractivity contribution in [2.75, 3.05) is 5.32 Å². The van der Waals surface area contributed by atoms with Crippen LogP contribution in [0.3, 0.4) is 0 Å². The summed E-state index contributed by atoms with van der Waals surface area (Å²) in [6, 6.07) is 5.79. The summed E-state index contributed by atoms with van der Waals surface area (Å²) in [6.07, 6.45) is 3.56. The average molecular weight is 382 g/mol. The van der Waals surface area contributed by atoms with Crippen molar-refractivity contribution in [1.29, 1.82) is 0 Å². The molecule has 0 aromatic carbocycles. The molecule has 0 aliphatic rings. The lowest BCUT2D eigenvalue weighted by molar-refractivity contribution is -0.119. The first-order valence-electron chi connectivity index (χ1n) is 8.70. The standard InChI is InChI=1S/C19H22N6OS/c1-11(2)15-8-16(22-9-12(15)3)18-24-19(27-25-18)23-17-14(6-5-7-20-17)10-21-13(4)26/h5-9,11H,10H2,1-4H3,(H,21,26)(H,20,23,24,25). The number of aromatic nitrogens is 4. The van der Waals surface area contributed by atoms with E-state index >= 15 is 0 Å². The lowest BCUT2D eigenvalue weighted by Crippen LogP contribution is -2.19. The molecule has 0 radical (unpaired) electrons. The van der Waals surface area contributed by atoms with E-state index in [1.165, 1.54) is 29.6 Å². The molecule has 8 heteroatoms. The molecular formula is C19H22N6OS. The van der Waals surface area contributed by atoms with Crippen LogP contribution < -0.4 is 10.6 Å². The predicted octanol–water partition coefficient (Wildman–Crippen LogP) is 3.81. The summed E-state index contributed by atoms with van der Waals surface area (Å²) in [7, 11) is 0. The fourth-order valence-corrected chi connectivity index (χ4v) is 3.25. The van der Waals surface area contributed by atoms with Crippen molar-refractivity contribution < 1.29 is 4.79 Å². The fourth-order valence-electron chi connectivity index (χ4n) is 2.68. The number of hydrogen-bond acceptors (Lipinski definition) is 7. The molecule has 27 heavy (non-hydrogen) atoms. The fraction of sp³-hybridized carbons (Fsp3) is 0.316. The first-order valence-corrected chi connectivity index (χ1v) is 9.47. The largest absolute Gasteiger partial charge is 0.352 e. The first kappa shape index (κ1) is 18.9. The Morgan fingerprint density at radius 3 is 2.85 bits per heavy atom. The monoisotopic (exact) mass is 382 g/mol. The topological polar surface area (TPSA) is 92.7 Å². The third kappa shape index (κ3) is 4.65. The van der Waals surface area contributed by atoms with Crippen molar-refractivity contribution in [3.8, 4) is 11.5 Å². The second-order valence-electron chi connectivity index (χ2n) is 6.55. The lowest BCUT2D eigenvalue weighted by atomic mass is 9.99. The highest BCUT2D eigenvalue weighted by atomic mass is 32.1. The third-order valence-electron chi connectivity index (χ3n) is 4.07. The van der Waals surface area contributed by atoms with Crippen molar-refractivity contribution in [3.63, 3.8) is 0 Å². The Morgan fingerprint density at radius 1 is 1.30 bits per heavy atom. The van der Waals surface area contributed by atoms with Crippen LogP contribution in [0.4, 0.5) is 10.9 Å². The molecule has 0 atom stereocenters. The van der Waals surface area contributed by atoms with E-state index in [1.807, 2.05) is 18.3 Å². The number of carbonyl (C=O) groups excluding carboxylic acids is 1. The Bertz CT molecular complexity index is 953. The maximum Gasteiger partial charge on any atom is 0.217 e. The van der Waals surface area contributed by atoms with E-state index in [2.05, 4.69) is 56.8 Å². The van der Waals surface area contributed by atoms with Crippen molar-refractivity contribution in [2.24, 2.45) is 0 Å². The summed E-state index contributed by atoms with van der Waals surface area (Å²) >= 11 is 1.25. The van der Waals surface area contributed by atoms with Crippen molar-refractivity contribution in [1.82, 2.24) is 24.6 Å². The van der Waals surface area contributed by atoms with Gasteiger partial charge in [-0.1, -0.05) is 19.9 Å². The molecule has 0 spiro atoms. The zero-order valence-electron chi connectivity index (χ0n) is 15.8. The summed E-state index contributed by atoms with van der Waals surface area (Å²) in [5.74, 6) is 1.56. The highest BCUT2D eigenvalue weighted by Gasteiger charge is 2.13.